The van der Waals surface area contributed by atoms with Gasteiger partial charge in [0.2, 0.25) is 5.91 Å². The number of hydrogen-bond donors (Lipinski definition) is 2. The van der Waals surface area contributed by atoms with Crippen molar-refractivity contribution >= 4 is 11.9 Å². The lowest BCUT2D eigenvalue weighted by Crippen LogP contribution is -2.32. The number of aliphatic carboxylic acids is 1. The molecular weight excluding hydrogens is 378 g/mol. The second kappa shape index (κ2) is 15.3. The molecule has 0 fully saturated rings. The van der Waals surface area contributed by atoms with Gasteiger partial charge in [-0.2, -0.15) is 0 Å². The third kappa shape index (κ3) is 11.4. The molecule has 5 heteroatoms. The highest BCUT2D eigenvalue weighted by Crippen LogP contribution is 2.10. The number of aliphatic hydroxyl groups excluding tert-OH is 1. The maximum Gasteiger partial charge on any atom is 0.303 e. The molecule has 2 N–H and O–H groups in total. The smallest absolute Gasteiger partial charge is 0.303 e. The van der Waals surface area contributed by atoms with E-state index in [2.05, 4.69) is 18.8 Å². The van der Waals surface area contributed by atoms with Crippen LogP contribution in [0.25, 0.3) is 0 Å². The van der Waals surface area contributed by atoms with Gasteiger partial charge in [-0.25, -0.2) is 0 Å². The van der Waals surface area contributed by atoms with Crippen LogP contribution in [0.5, 0.6) is 0 Å². The van der Waals surface area contributed by atoms with Gasteiger partial charge in [0.15, 0.2) is 0 Å². The molecule has 164 valence electrons. The molecule has 1 aromatic carbocycles. The SMILES string of the molecule is CCCCC(=O)N(C/C=C/C(O)Cc1ccccc1C)CCC#CCCCC(=O)O. The predicted molar refractivity (Wildman–Crippen MR) is 120 cm³/mol. The summed E-state index contributed by atoms with van der Waals surface area (Å²) in [7, 11) is 0. The maximum atomic E-state index is 12.5. The number of aliphatic hydroxyl groups is 1. The van der Waals surface area contributed by atoms with Crippen LogP contribution in [0.15, 0.2) is 36.4 Å². The molecular formula is C25H35NO4. The van der Waals surface area contributed by atoms with E-state index in [1.165, 1.54) is 0 Å². The van der Waals surface area contributed by atoms with E-state index in [-0.39, 0.29) is 12.3 Å². The number of hydrogen-bond acceptors (Lipinski definition) is 3. The van der Waals surface area contributed by atoms with E-state index in [9.17, 15) is 14.7 Å². The van der Waals surface area contributed by atoms with Crippen molar-refractivity contribution in [2.45, 2.75) is 71.3 Å². The van der Waals surface area contributed by atoms with E-state index in [1.807, 2.05) is 37.3 Å². The molecule has 30 heavy (non-hydrogen) atoms. The Hall–Kier alpha value is -2.58. The molecule has 0 bridgehead atoms. The Kier molecular flexibility index (Phi) is 13.0. The third-order valence-corrected chi connectivity index (χ3v) is 4.80. The van der Waals surface area contributed by atoms with Gasteiger partial charge in [0.25, 0.3) is 0 Å². The van der Waals surface area contributed by atoms with Crippen LogP contribution in [0.2, 0.25) is 0 Å². The number of amides is 1. The van der Waals surface area contributed by atoms with Crippen LogP contribution < -0.4 is 0 Å². The summed E-state index contributed by atoms with van der Waals surface area (Å²) in [6.45, 7) is 5.07. The van der Waals surface area contributed by atoms with Gasteiger partial charge in [-0.1, -0.05) is 49.8 Å². The summed E-state index contributed by atoms with van der Waals surface area (Å²) in [4.78, 5) is 24.7. The number of carbonyl (C=O) groups is 2. The molecule has 0 saturated heterocycles. The van der Waals surface area contributed by atoms with E-state index >= 15 is 0 Å². The Balaban J connectivity index is 2.53. The summed E-state index contributed by atoms with van der Waals surface area (Å²) >= 11 is 0. The molecule has 0 radical (unpaired) electrons. The molecule has 1 atom stereocenters. The minimum absolute atomic E-state index is 0.0996. The zero-order valence-corrected chi connectivity index (χ0v) is 18.3. The summed E-state index contributed by atoms with van der Waals surface area (Å²) < 4.78 is 0. The number of rotatable bonds is 13. The van der Waals surface area contributed by atoms with E-state index in [4.69, 9.17) is 5.11 Å². The number of carboxylic acids is 1. The quantitative estimate of drug-likeness (QED) is 0.290. The van der Waals surface area contributed by atoms with Crippen molar-refractivity contribution in [1.82, 2.24) is 4.90 Å². The first-order valence-electron chi connectivity index (χ1n) is 10.8. The standard InChI is InChI=1S/C25H35NO4/c1-3-4-16-24(28)26(18-11-7-5-6-8-17-25(29)30)19-12-15-23(27)20-22-14-10-9-13-21(22)2/h9-10,12-15,23,27H,3-4,6,8,11,16-20H2,1-2H3,(H,29,30)/b15-12+. The van der Waals surface area contributed by atoms with Gasteiger partial charge in [0.1, 0.15) is 0 Å². The van der Waals surface area contributed by atoms with Crippen molar-refractivity contribution in [3.8, 4) is 11.8 Å². The van der Waals surface area contributed by atoms with E-state index < -0.39 is 12.1 Å². The minimum atomic E-state index is -0.805. The molecule has 1 rings (SSSR count). The number of nitrogens with zero attached hydrogens (tertiary/aromatic N) is 1. The van der Waals surface area contributed by atoms with Crippen molar-refractivity contribution in [1.29, 1.82) is 0 Å². The van der Waals surface area contributed by atoms with Crippen molar-refractivity contribution in [3.63, 3.8) is 0 Å². The van der Waals surface area contributed by atoms with Gasteiger partial charge in [-0.3, -0.25) is 9.59 Å². The first kappa shape index (κ1) is 25.5. The highest BCUT2D eigenvalue weighted by atomic mass is 16.4. The monoisotopic (exact) mass is 413 g/mol. The van der Waals surface area contributed by atoms with Gasteiger partial charge in [-0.15, -0.1) is 11.8 Å². The van der Waals surface area contributed by atoms with Crippen molar-refractivity contribution in [2.24, 2.45) is 0 Å². The second-order valence-electron chi connectivity index (χ2n) is 7.42. The summed E-state index contributed by atoms with van der Waals surface area (Å²) in [5.74, 6) is 5.30. The van der Waals surface area contributed by atoms with E-state index in [0.29, 0.717) is 45.2 Å². The molecule has 0 heterocycles. The summed E-state index contributed by atoms with van der Waals surface area (Å²) in [6, 6.07) is 8.00. The van der Waals surface area contributed by atoms with Gasteiger partial charge in [-0.05, 0) is 30.9 Å². The molecule has 1 amide bonds. The highest BCUT2D eigenvalue weighted by Gasteiger charge is 2.11. The van der Waals surface area contributed by atoms with Crippen LogP contribution in [0.4, 0.5) is 0 Å². The summed E-state index contributed by atoms with van der Waals surface area (Å²) in [5.41, 5.74) is 2.27. The summed E-state index contributed by atoms with van der Waals surface area (Å²) in [5, 5.41) is 18.9. The van der Waals surface area contributed by atoms with Crippen LogP contribution in [0.3, 0.4) is 0 Å². The molecule has 0 aliphatic carbocycles. The van der Waals surface area contributed by atoms with Crippen molar-refractivity contribution in [3.05, 3.63) is 47.5 Å². The Labute approximate surface area is 180 Å². The lowest BCUT2D eigenvalue weighted by atomic mass is 10.0. The normalized spacial score (nSPS) is 11.7. The van der Waals surface area contributed by atoms with Crippen molar-refractivity contribution < 1.29 is 19.8 Å². The van der Waals surface area contributed by atoms with Gasteiger partial charge >= 0.3 is 5.97 Å². The zero-order valence-electron chi connectivity index (χ0n) is 18.3. The van der Waals surface area contributed by atoms with Crippen LogP contribution in [-0.2, 0) is 16.0 Å². The van der Waals surface area contributed by atoms with E-state index in [1.54, 1.807) is 11.0 Å². The summed E-state index contributed by atoms with van der Waals surface area (Å²) in [6.07, 6.45) is 7.70. The molecule has 1 unspecified atom stereocenters. The molecule has 0 aliphatic rings. The molecule has 0 spiro atoms. The average Bonchev–Trinajstić information content (AvgIpc) is 2.71. The van der Waals surface area contributed by atoms with E-state index in [0.717, 1.165) is 24.0 Å². The van der Waals surface area contributed by atoms with Gasteiger partial charge in [0, 0.05) is 45.2 Å². The lowest BCUT2D eigenvalue weighted by Gasteiger charge is -2.20. The Bertz CT molecular complexity index is 745. The molecule has 0 aromatic heterocycles. The first-order chi connectivity index (χ1) is 14.4. The number of carbonyl (C=O) groups excluding carboxylic acids is 1. The fourth-order valence-corrected chi connectivity index (χ4v) is 2.98. The Morgan fingerprint density at radius 2 is 1.87 bits per heavy atom. The Morgan fingerprint density at radius 1 is 1.13 bits per heavy atom. The molecule has 1 aromatic rings. The third-order valence-electron chi connectivity index (χ3n) is 4.80. The Morgan fingerprint density at radius 3 is 2.57 bits per heavy atom. The van der Waals surface area contributed by atoms with Crippen LogP contribution >= 0.6 is 0 Å². The van der Waals surface area contributed by atoms with Crippen LogP contribution in [0.1, 0.15) is 63.0 Å². The number of unbranched alkanes of at least 4 members (excludes halogenated alkanes) is 2. The van der Waals surface area contributed by atoms with Crippen molar-refractivity contribution in [2.75, 3.05) is 13.1 Å². The molecule has 5 nitrogen and oxygen atoms in total. The minimum Gasteiger partial charge on any atom is -0.481 e. The van der Waals surface area contributed by atoms with Crippen LogP contribution in [-0.4, -0.2) is 46.2 Å². The van der Waals surface area contributed by atoms with Crippen LogP contribution in [0, 0.1) is 18.8 Å². The average molecular weight is 414 g/mol. The molecule has 0 saturated carbocycles. The molecule has 0 aliphatic heterocycles. The van der Waals surface area contributed by atoms with Gasteiger partial charge in [0.05, 0.1) is 6.10 Å². The second-order valence-corrected chi connectivity index (χ2v) is 7.42. The number of carboxylic acid groups (broad SMARTS) is 1. The topological polar surface area (TPSA) is 77.8 Å². The maximum absolute atomic E-state index is 12.5. The first-order valence-corrected chi connectivity index (χ1v) is 10.8. The van der Waals surface area contributed by atoms with Gasteiger partial charge < -0.3 is 15.1 Å². The predicted octanol–water partition coefficient (Wildman–Crippen LogP) is 4.12. The fraction of sp³-hybridized carbons (Fsp3) is 0.520. The highest BCUT2D eigenvalue weighted by molar-refractivity contribution is 5.76. The zero-order chi connectivity index (χ0) is 22.2. The number of aryl methyl sites for hydroxylation is 1. The largest absolute Gasteiger partial charge is 0.481 e. The number of benzene rings is 1. The fourth-order valence-electron chi connectivity index (χ4n) is 2.98. The lowest BCUT2D eigenvalue weighted by molar-refractivity contribution is -0.137.